The van der Waals surface area contributed by atoms with Gasteiger partial charge in [-0.05, 0) is 45.2 Å². The fraction of sp³-hybridized carbons (Fsp3) is 0.471. The minimum Gasteiger partial charge on any atom is -0.383 e. The number of hydrogen-bond donors (Lipinski definition) is 1. The van der Waals surface area contributed by atoms with E-state index in [1.807, 2.05) is 0 Å². The van der Waals surface area contributed by atoms with Crippen molar-refractivity contribution in [3.8, 4) is 11.3 Å². The highest BCUT2D eigenvalue weighted by atomic mass is 15.2. The number of fused-ring (bicyclic) bond motifs is 1. The van der Waals surface area contributed by atoms with Crippen LogP contribution >= 0.6 is 0 Å². The summed E-state index contributed by atoms with van der Waals surface area (Å²) in [5.41, 5.74) is 11.0. The zero-order valence-corrected chi connectivity index (χ0v) is 12.8. The molecule has 0 radical (unpaired) electrons. The van der Waals surface area contributed by atoms with Crippen LogP contribution in [-0.2, 0) is 6.42 Å². The van der Waals surface area contributed by atoms with Crippen LogP contribution < -0.4 is 5.73 Å². The second-order valence-electron chi connectivity index (χ2n) is 6.40. The number of benzene rings is 1. The smallest absolute Gasteiger partial charge is 0.131 e. The monoisotopic (exact) mass is 269 g/mol. The van der Waals surface area contributed by atoms with Crippen LogP contribution in [0.2, 0.25) is 0 Å². The first kappa shape index (κ1) is 13.2. The first-order valence-corrected chi connectivity index (χ1v) is 7.41. The molecule has 106 valence electrons. The van der Waals surface area contributed by atoms with Gasteiger partial charge in [0.1, 0.15) is 17.3 Å². The average Bonchev–Trinajstić information content (AvgIpc) is 2.65. The van der Waals surface area contributed by atoms with Crippen molar-refractivity contribution in [2.45, 2.75) is 46.6 Å². The van der Waals surface area contributed by atoms with Gasteiger partial charge in [0.05, 0.1) is 0 Å². The largest absolute Gasteiger partial charge is 0.383 e. The van der Waals surface area contributed by atoms with Gasteiger partial charge in [0.25, 0.3) is 0 Å². The van der Waals surface area contributed by atoms with Crippen molar-refractivity contribution in [3.05, 3.63) is 35.2 Å². The third-order valence-electron chi connectivity index (χ3n) is 4.23. The van der Waals surface area contributed by atoms with Crippen molar-refractivity contribution in [1.82, 2.24) is 9.55 Å². The van der Waals surface area contributed by atoms with Crippen LogP contribution in [0.15, 0.2) is 18.2 Å². The normalized spacial score (nSPS) is 21.8. The number of aromatic nitrogens is 2. The molecule has 1 aromatic carbocycles. The maximum absolute atomic E-state index is 6.39. The van der Waals surface area contributed by atoms with Crippen LogP contribution in [-0.4, -0.2) is 9.55 Å². The molecule has 1 aliphatic heterocycles. The zero-order chi connectivity index (χ0) is 14.4. The van der Waals surface area contributed by atoms with E-state index in [-0.39, 0.29) is 0 Å². The summed E-state index contributed by atoms with van der Waals surface area (Å²) in [4.78, 5) is 4.84. The number of nitrogens with two attached hydrogens (primary N) is 1. The highest BCUT2D eigenvalue weighted by Crippen LogP contribution is 2.36. The Morgan fingerprint density at radius 1 is 1.15 bits per heavy atom. The molecular weight excluding hydrogens is 246 g/mol. The molecule has 3 heteroatoms. The Morgan fingerprint density at radius 3 is 2.45 bits per heavy atom. The summed E-state index contributed by atoms with van der Waals surface area (Å²) < 4.78 is 2.23. The van der Waals surface area contributed by atoms with Crippen LogP contribution in [0.1, 0.15) is 43.3 Å². The third-order valence-corrected chi connectivity index (χ3v) is 4.23. The third kappa shape index (κ3) is 2.11. The Kier molecular flexibility index (Phi) is 3.08. The Morgan fingerprint density at radius 2 is 1.80 bits per heavy atom. The van der Waals surface area contributed by atoms with Gasteiger partial charge in [-0.3, -0.25) is 0 Å². The molecule has 2 atom stereocenters. The molecule has 1 aromatic heterocycles. The van der Waals surface area contributed by atoms with Gasteiger partial charge >= 0.3 is 0 Å². The fourth-order valence-electron chi connectivity index (χ4n) is 3.54. The molecule has 0 bridgehead atoms. The van der Waals surface area contributed by atoms with Crippen LogP contribution in [0.4, 0.5) is 5.82 Å². The zero-order valence-electron chi connectivity index (χ0n) is 12.8. The maximum atomic E-state index is 6.39. The molecule has 0 saturated carbocycles. The Bertz CT molecular complexity index is 634. The highest BCUT2D eigenvalue weighted by Gasteiger charge is 2.26. The second kappa shape index (κ2) is 4.65. The standard InChI is InChI=1S/C17H23N3/c1-10-5-11(2)8-14(7-10)16-17(18)20-13(4)6-12(3)9-15(20)19-16/h5,7-8,12-13H,6,9,18H2,1-4H3. The van der Waals surface area contributed by atoms with Gasteiger partial charge in [-0.15, -0.1) is 0 Å². The van der Waals surface area contributed by atoms with E-state index in [9.17, 15) is 0 Å². The summed E-state index contributed by atoms with van der Waals surface area (Å²) in [5.74, 6) is 2.65. The van der Waals surface area contributed by atoms with Crippen molar-refractivity contribution in [3.63, 3.8) is 0 Å². The van der Waals surface area contributed by atoms with Gasteiger partial charge < -0.3 is 10.3 Å². The average molecular weight is 269 g/mol. The van der Waals surface area contributed by atoms with E-state index in [2.05, 4.69) is 50.5 Å². The lowest BCUT2D eigenvalue weighted by Crippen LogP contribution is -2.22. The molecule has 0 fully saturated rings. The van der Waals surface area contributed by atoms with Crippen molar-refractivity contribution in [2.75, 3.05) is 5.73 Å². The summed E-state index contributed by atoms with van der Waals surface area (Å²) in [5, 5.41) is 0. The molecule has 2 N–H and O–H groups in total. The lowest BCUT2D eigenvalue weighted by molar-refractivity contribution is 0.346. The molecule has 0 amide bonds. The molecular formula is C17H23N3. The van der Waals surface area contributed by atoms with Crippen LogP contribution in [0.3, 0.4) is 0 Å². The number of imidazole rings is 1. The van der Waals surface area contributed by atoms with E-state index in [4.69, 9.17) is 10.7 Å². The van der Waals surface area contributed by atoms with Crippen LogP contribution in [0, 0.1) is 19.8 Å². The van der Waals surface area contributed by atoms with Crippen LogP contribution in [0.5, 0.6) is 0 Å². The minimum atomic E-state index is 0.445. The molecule has 3 nitrogen and oxygen atoms in total. The van der Waals surface area contributed by atoms with Gasteiger partial charge in [-0.25, -0.2) is 4.98 Å². The molecule has 0 spiro atoms. The molecule has 0 aliphatic carbocycles. The van der Waals surface area contributed by atoms with Crippen molar-refractivity contribution in [1.29, 1.82) is 0 Å². The number of hydrogen-bond acceptors (Lipinski definition) is 2. The number of nitrogen functional groups attached to an aromatic ring is 1. The number of anilines is 1. The van der Waals surface area contributed by atoms with Crippen molar-refractivity contribution < 1.29 is 0 Å². The number of rotatable bonds is 1. The lowest BCUT2D eigenvalue weighted by atomic mass is 9.95. The first-order valence-electron chi connectivity index (χ1n) is 7.41. The van der Waals surface area contributed by atoms with Gasteiger partial charge in [-0.1, -0.05) is 24.1 Å². The summed E-state index contributed by atoms with van der Waals surface area (Å²) >= 11 is 0. The predicted octanol–water partition coefficient (Wildman–Crippen LogP) is 3.89. The van der Waals surface area contributed by atoms with Gasteiger partial charge in [0.2, 0.25) is 0 Å². The summed E-state index contributed by atoms with van der Waals surface area (Å²) in [6.45, 7) is 8.77. The molecule has 1 aliphatic rings. The van der Waals surface area contributed by atoms with Crippen molar-refractivity contribution in [2.24, 2.45) is 5.92 Å². The topological polar surface area (TPSA) is 43.8 Å². The van der Waals surface area contributed by atoms with Gasteiger partial charge in [0.15, 0.2) is 0 Å². The quantitative estimate of drug-likeness (QED) is 0.853. The SMILES string of the molecule is Cc1cc(C)cc(-c2nc3n(c2N)C(C)CC(C)C3)c1. The molecule has 20 heavy (non-hydrogen) atoms. The molecule has 2 aromatic rings. The van der Waals surface area contributed by atoms with E-state index in [1.165, 1.54) is 17.5 Å². The van der Waals surface area contributed by atoms with E-state index in [0.29, 0.717) is 12.0 Å². The van der Waals surface area contributed by atoms with E-state index >= 15 is 0 Å². The summed E-state index contributed by atoms with van der Waals surface area (Å²) in [6.07, 6.45) is 2.21. The highest BCUT2D eigenvalue weighted by molar-refractivity contribution is 5.72. The molecule has 2 heterocycles. The van der Waals surface area contributed by atoms with E-state index < -0.39 is 0 Å². The van der Waals surface area contributed by atoms with E-state index in [0.717, 1.165) is 29.3 Å². The molecule has 0 saturated heterocycles. The lowest BCUT2D eigenvalue weighted by Gasteiger charge is -2.27. The minimum absolute atomic E-state index is 0.445. The predicted molar refractivity (Wildman–Crippen MR) is 83.7 cm³/mol. The van der Waals surface area contributed by atoms with Crippen molar-refractivity contribution >= 4 is 5.82 Å². The number of nitrogens with zero attached hydrogens (tertiary/aromatic N) is 2. The summed E-state index contributed by atoms with van der Waals surface area (Å²) in [7, 11) is 0. The first-order chi connectivity index (χ1) is 9.45. The Hall–Kier alpha value is -1.77. The maximum Gasteiger partial charge on any atom is 0.131 e. The van der Waals surface area contributed by atoms with Gasteiger partial charge in [0, 0.05) is 18.0 Å². The Labute approximate surface area is 120 Å². The van der Waals surface area contributed by atoms with Gasteiger partial charge in [-0.2, -0.15) is 0 Å². The summed E-state index contributed by atoms with van der Waals surface area (Å²) in [6, 6.07) is 6.97. The number of aryl methyl sites for hydroxylation is 2. The van der Waals surface area contributed by atoms with Crippen LogP contribution in [0.25, 0.3) is 11.3 Å². The Balaban J connectivity index is 2.14. The second-order valence-corrected chi connectivity index (χ2v) is 6.40. The molecule has 2 unspecified atom stereocenters. The van der Waals surface area contributed by atoms with E-state index in [1.54, 1.807) is 0 Å². The fourth-order valence-corrected chi connectivity index (χ4v) is 3.54. The molecule has 3 rings (SSSR count).